The molecule has 1 rings (SSSR count). The first-order valence-corrected chi connectivity index (χ1v) is 7.96. The van der Waals surface area contributed by atoms with Gasteiger partial charge in [-0.25, -0.2) is 0 Å². The largest absolute Gasteiger partial charge is 0.303 e. The van der Waals surface area contributed by atoms with E-state index in [0.29, 0.717) is 0 Å². The normalized spacial score (nSPS) is 24.2. The predicted octanol–water partition coefficient (Wildman–Crippen LogP) is 5.35. The number of hydrogen-bond donors (Lipinski definition) is 0. The first kappa shape index (κ1) is 19.3. The Balaban J connectivity index is 0. The van der Waals surface area contributed by atoms with Gasteiger partial charge in [0.2, 0.25) is 0 Å². The molecule has 1 aliphatic heterocycles. The van der Waals surface area contributed by atoms with Crippen LogP contribution in [-0.4, -0.2) is 24.5 Å². The second-order valence-electron chi connectivity index (χ2n) is 4.66. The van der Waals surface area contributed by atoms with E-state index in [0.717, 1.165) is 12.0 Å². The zero-order chi connectivity index (χ0) is 13.7. The maximum atomic E-state index is 2.57. The van der Waals surface area contributed by atoms with Crippen LogP contribution in [-0.2, 0) is 0 Å². The Kier molecular flexibility index (Phi) is 15.9. The molecule has 0 aromatic carbocycles. The molecule has 2 atom stereocenters. The van der Waals surface area contributed by atoms with Crippen LogP contribution >= 0.6 is 0 Å². The molecule has 1 saturated heterocycles. The zero-order valence-corrected chi connectivity index (χ0v) is 13.6. The molecule has 0 aromatic heterocycles. The Morgan fingerprint density at radius 1 is 1.06 bits per heavy atom. The summed E-state index contributed by atoms with van der Waals surface area (Å²) in [6, 6.07) is 0.875. The van der Waals surface area contributed by atoms with Gasteiger partial charge < -0.3 is 4.90 Å². The average Bonchev–Trinajstić information content (AvgIpc) is 2.38. The Hall–Kier alpha value is -0.0400. The number of nitrogens with zero attached hydrogens (tertiary/aromatic N) is 1. The lowest BCUT2D eigenvalue weighted by molar-refractivity contribution is 0.120. The number of unbranched alkanes of at least 4 members (excludes halogenated alkanes) is 2. The molecule has 0 saturated carbocycles. The van der Waals surface area contributed by atoms with E-state index in [1.165, 1.54) is 45.1 Å². The fourth-order valence-corrected chi connectivity index (χ4v) is 2.56. The fraction of sp³-hybridized carbons (Fsp3) is 1.00. The zero-order valence-electron chi connectivity index (χ0n) is 13.6. The van der Waals surface area contributed by atoms with Crippen molar-refractivity contribution in [3.05, 3.63) is 0 Å². The van der Waals surface area contributed by atoms with Crippen molar-refractivity contribution in [1.29, 1.82) is 0 Å². The lowest BCUT2D eigenvalue weighted by atomic mass is 9.88. The molecule has 2 unspecified atom stereocenters. The molecule has 1 heterocycles. The van der Waals surface area contributed by atoms with Gasteiger partial charge in [-0.3, -0.25) is 0 Å². The third kappa shape index (κ3) is 8.65. The number of rotatable bonds is 4. The Bertz CT molecular complexity index is 123. The standard InChI is InChI=1S/C12H25N.2C2H6/c1-4-5-6-9-12-11(2)8-7-10-13(12)3;2*1-2/h11-12H,4-10H2,1-3H3;2*1-2H3. The van der Waals surface area contributed by atoms with Gasteiger partial charge in [0.1, 0.15) is 0 Å². The second kappa shape index (κ2) is 14.0. The summed E-state index contributed by atoms with van der Waals surface area (Å²) in [5, 5.41) is 0. The van der Waals surface area contributed by atoms with E-state index in [9.17, 15) is 0 Å². The fourth-order valence-electron chi connectivity index (χ4n) is 2.56. The molecule has 1 nitrogen and oxygen atoms in total. The molecule has 0 spiro atoms. The van der Waals surface area contributed by atoms with Gasteiger partial charge in [-0.05, 0) is 38.8 Å². The minimum Gasteiger partial charge on any atom is -0.303 e. The highest BCUT2D eigenvalue weighted by Gasteiger charge is 2.24. The number of piperidine rings is 1. The average molecular weight is 243 g/mol. The monoisotopic (exact) mass is 243 g/mol. The van der Waals surface area contributed by atoms with Crippen LogP contribution in [0, 0.1) is 5.92 Å². The molecule has 106 valence electrons. The minimum atomic E-state index is 0.875. The summed E-state index contributed by atoms with van der Waals surface area (Å²) < 4.78 is 0. The molecule has 0 bridgehead atoms. The van der Waals surface area contributed by atoms with Gasteiger partial charge in [0.05, 0.1) is 0 Å². The summed E-state index contributed by atoms with van der Waals surface area (Å²) >= 11 is 0. The van der Waals surface area contributed by atoms with Crippen LogP contribution in [0.15, 0.2) is 0 Å². The van der Waals surface area contributed by atoms with Crippen LogP contribution in [0.1, 0.15) is 80.1 Å². The summed E-state index contributed by atoms with van der Waals surface area (Å²) in [5.41, 5.74) is 0. The van der Waals surface area contributed by atoms with E-state index in [4.69, 9.17) is 0 Å². The SMILES string of the molecule is CC.CC.CCCCCC1C(C)CCCN1C. The highest BCUT2D eigenvalue weighted by molar-refractivity contribution is 4.79. The van der Waals surface area contributed by atoms with E-state index in [2.05, 4.69) is 25.8 Å². The summed E-state index contributed by atoms with van der Waals surface area (Å²) in [5.74, 6) is 0.926. The van der Waals surface area contributed by atoms with Gasteiger partial charge >= 0.3 is 0 Å². The molecule has 1 aliphatic rings. The Morgan fingerprint density at radius 2 is 1.65 bits per heavy atom. The minimum absolute atomic E-state index is 0.875. The van der Waals surface area contributed by atoms with Gasteiger partial charge in [-0.2, -0.15) is 0 Å². The van der Waals surface area contributed by atoms with E-state index >= 15 is 0 Å². The van der Waals surface area contributed by atoms with Crippen molar-refractivity contribution < 1.29 is 0 Å². The van der Waals surface area contributed by atoms with Crippen LogP contribution in [0.4, 0.5) is 0 Å². The van der Waals surface area contributed by atoms with E-state index in [1.54, 1.807) is 0 Å². The molecule has 17 heavy (non-hydrogen) atoms. The summed E-state index contributed by atoms with van der Waals surface area (Å²) in [7, 11) is 2.30. The van der Waals surface area contributed by atoms with Gasteiger partial charge in [0.25, 0.3) is 0 Å². The van der Waals surface area contributed by atoms with E-state index < -0.39 is 0 Å². The van der Waals surface area contributed by atoms with Crippen molar-refractivity contribution in [3.8, 4) is 0 Å². The molecule has 0 radical (unpaired) electrons. The summed E-state index contributed by atoms with van der Waals surface area (Å²) in [4.78, 5) is 2.57. The van der Waals surface area contributed by atoms with Gasteiger partial charge in [0, 0.05) is 6.04 Å². The first-order valence-electron chi connectivity index (χ1n) is 7.96. The first-order chi connectivity index (χ1) is 8.25. The van der Waals surface area contributed by atoms with Crippen molar-refractivity contribution in [1.82, 2.24) is 4.90 Å². The van der Waals surface area contributed by atoms with Crippen molar-refractivity contribution in [2.24, 2.45) is 5.92 Å². The van der Waals surface area contributed by atoms with Crippen molar-refractivity contribution in [3.63, 3.8) is 0 Å². The molecule has 0 amide bonds. The second-order valence-corrected chi connectivity index (χ2v) is 4.66. The Morgan fingerprint density at radius 3 is 2.12 bits per heavy atom. The van der Waals surface area contributed by atoms with Gasteiger partial charge in [-0.1, -0.05) is 60.8 Å². The van der Waals surface area contributed by atoms with Crippen LogP contribution in [0.2, 0.25) is 0 Å². The highest BCUT2D eigenvalue weighted by Crippen LogP contribution is 2.25. The molecule has 1 heteroatoms. The summed E-state index contributed by atoms with van der Waals surface area (Å²) in [6.45, 7) is 14.0. The van der Waals surface area contributed by atoms with Crippen molar-refractivity contribution >= 4 is 0 Å². The van der Waals surface area contributed by atoms with E-state index in [1.807, 2.05) is 27.7 Å². The molecular formula is C16H37N. The maximum Gasteiger partial charge on any atom is 0.0118 e. The Labute approximate surface area is 111 Å². The lowest BCUT2D eigenvalue weighted by Gasteiger charge is -2.37. The van der Waals surface area contributed by atoms with Crippen LogP contribution in [0.5, 0.6) is 0 Å². The van der Waals surface area contributed by atoms with Gasteiger partial charge in [-0.15, -0.1) is 0 Å². The smallest absolute Gasteiger partial charge is 0.0118 e. The van der Waals surface area contributed by atoms with E-state index in [-0.39, 0.29) is 0 Å². The molecule has 0 aliphatic carbocycles. The predicted molar refractivity (Wildman–Crippen MR) is 81.7 cm³/mol. The molecule has 1 fully saturated rings. The maximum absolute atomic E-state index is 2.57. The van der Waals surface area contributed by atoms with Crippen LogP contribution < -0.4 is 0 Å². The van der Waals surface area contributed by atoms with Gasteiger partial charge in [0.15, 0.2) is 0 Å². The quantitative estimate of drug-likeness (QED) is 0.602. The third-order valence-electron chi connectivity index (χ3n) is 3.50. The van der Waals surface area contributed by atoms with Crippen LogP contribution in [0.25, 0.3) is 0 Å². The topological polar surface area (TPSA) is 3.24 Å². The molecule has 0 aromatic rings. The third-order valence-corrected chi connectivity index (χ3v) is 3.50. The number of hydrogen-bond acceptors (Lipinski definition) is 1. The van der Waals surface area contributed by atoms with Crippen molar-refractivity contribution in [2.45, 2.75) is 86.1 Å². The number of likely N-dealkylation sites (tertiary alicyclic amines) is 1. The van der Waals surface area contributed by atoms with Crippen LogP contribution in [0.3, 0.4) is 0 Å². The highest BCUT2D eigenvalue weighted by atomic mass is 15.1. The molecular weight excluding hydrogens is 206 g/mol. The molecule has 0 N–H and O–H groups in total. The summed E-state index contributed by atoms with van der Waals surface area (Å²) in [6.07, 6.45) is 8.46. The lowest BCUT2D eigenvalue weighted by Crippen LogP contribution is -2.41. The van der Waals surface area contributed by atoms with Crippen molar-refractivity contribution in [2.75, 3.05) is 13.6 Å².